The lowest BCUT2D eigenvalue weighted by atomic mass is 9.62. The summed E-state index contributed by atoms with van der Waals surface area (Å²) >= 11 is 0. The average molecular weight is 337 g/mol. The Balaban J connectivity index is 2.19. The van der Waals surface area contributed by atoms with Gasteiger partial charge in [0.2, 0.25) is 0 Å². The molecule has 1 heterocycles. The molecule has 1 aliphatic carbocycles. The molecule has 134 valence electrons. The monoisotopic (exact) mass is 337 g/mol. The zero-order valence-electron chi connectivity index (χ0n) is 14.5. The minimum Gasteiger partial charge on any atom is -0.493 e. The van der Waals surface area contributed by atoms with Crippen molar-refractivity contribution in [1.82, 2.24) is 4.90 Å². The maximum absolute atomic E-state index is 11.0. The fourth-order valence-electron chi connectivity index (χ4n) is 4.26. The molecule has 0 amide bonds. The summed E-state index contributed by atoms with van der Waals surface area (Å²) in [6.07, 6.45) is -0.173. The van der Waals surface area contributed by atoms with Gasteiger partial charge in [-0.1, -0.05) is 6.07 Å². The van der Waals surface area contributed by atoms with Crippen molar-refractivity contribution in [2.24, 2.45) is 0 Å². The van der Waals surface area contributed by atoms with Crippen molar-refractivity contribution >= 4 is 0 Å². The highest BCUT2D eigenvalue weighted by atomic mass is 16.5. The number of aliphatic hydroxyl groups excluding tert-OH is 3. The molecule has 1 aromatic carbocycles. The molecule has 4 atom stereocenters. The highest BCUT2D eigenvalue weighted by molar-refractivity contribution is 5.59. The molecule has 1 aliphatic heterocycles. The molecule has 0 aromatic heterocycles. The lowest BCUT2D eigenvalue weighted by Crippen LogP contribution is -2.58. The zero-order chi connectivity index (χ0) is 17.5. The minimum atomic E-state index is -0.732. The van der Waals surface area contributed by atoms with Gasteiger partial charge < -0.3 is 29.7 Å². The maximum Gasteiger partial charge on any atom is 0.166 e. The van der Waals surface area contributed by atoms with Crippen LogP contribution >= 0.6 is 0 Å². The van der Waals surface area contributed by atoms with E-state index in [4.69, 9.17) is 9.47 Å². The molecule has 3 N–H and O–H groups in total. The average Bonchev–Trinajstić information content (AvgIpc) is 2.93. The molecule has 3 rings (SSSR count). The molecule has 1 fully saturated rings. The van der Waals surface area contributed by atoms with E-state index < -0.39 is 23.7 Å². The summed E-state index contributed by atoms with van der Waals surface area (Å²) in [5, 5.41) is 31.4. The van der Waals surface area contributed by atoms with Crippen LogP contribution in [-0.4, -0.2) is 66.3 Å². The van der Waals surface area contributed by atoms with Gasteiger partial charge in [-0.15, -0.1) is 0 Å². The molecule has 0 radical (unpaired) electrons. The van der Waals surface area contributed by atoms with Crippen molar-refractivity contribution in [3.63, 3.8) is 0 Å². The predicted octanol–water partition coefficient (Wildman–Crippen LogP) is 0.654. The standard InChI is InChI=1S/C18H27NO5/c1-19(2)9-8-18-14(22)7-5-12(21)17(18)24-16-13(23-3)6-4-11(10-20)15(16)18/h4,6,12,14,17,20-22H,5,7-10H2,1-3H3/t12-,14?,17-,18-/m0/s1. The van der Waals surface area contributed by atoms with Crippen LogP contribution in [-0.2, 0) is 12.0 Å². The van der Waals surface area contributed by atoms with E-state index in [1.54, 1.807) is 13.2 Å². The third-order valence-electron chi connectivity index (χ3n) is 5.47. The summed E-state index contributed by atoms with van der Waals surface area (Å²) in [5.41, 5.74) is 0.784. The number of methoxy groups -OCH3 is 1. The first-order chi connectivity index (χ1) is 11.5. The van der Waals surface area contributed by atoms with E-state index in [2.05, 4.69) is 4.90 Å². The number of hydrogen-bond acceptors (Lipinski definition) is 6. The Hall–Kier alpha value is -1.34. The summed E-state index contributed by atoms with van der Waals surface area (Å²) < 4.78 is 11.6. The van der Waals surface area contributed by atoms with Crippen LogP contribution in [0.5, 0.6) is 11.5 Å². The van der Waals surface area contributed by atoms with Crippen molar-refractivity contribution in [3.8, 4) is 11.5 Å². The zero-order valence-corrected chi connectivity index (χ0v) is 14.5. The van der Waals surface area contributed by atoms with E-state index in [0.717, 1.165) is 17.7 Å². The topological polar surface area (TPSA) is 82.4 Å². The third-order valence-corrected chi connectivity index (χ3v) is 5.47. The highest BCUT2D eigenvalue weighted by Gasteiger charge is 2.59. The normalized spacial score (nSPS) is 31.5. The van der Waals surface area contributed by atoms with Gasteiger partial charge in [-0.05, 0) is 51.5 Å². The second-order valence-electron chi connectivity index (χ2n) is 7.08. The van der Waals surface area contributed by atoms with Crippen LogP contribution in [0.4, 0.5) is 0 Å². The SMILES string of the molecule is COc1ccc(CO)c2c1O[C@H]1[C@@H](O)CCC(O)[C@@]21CCN(C)C. The van der Waals surface area contributed by atoms with Crippen molar-refractivity contribution in [3.05, 3.63) is 23.3 Å². The highest BCUT2D eigenvalue weighted by Crippen LogP contribution is 2.56. The van der Waals surface area contributed by atoms with Gasteiger partial charge in [-0.2, -0.15) is 0 Å². The van der Waals surface area contributed by atoms with Crippen molar-refractivity contribution in [2.75, 3.05) is 27.7 Å². The Morgan fingerprint density at radius 1 is 1.29 bits per heavy atom. The van der Waals surface area contributed by atoms with Crippen LogP contribution < -0.4 is 9.47 Å². The molecule has 6 nitrogen and oxygen atoms in total. The summed E-state index contributed by atoms with van der Waals surface area (Å²) in [6.45, 7) is 0.597. The Kier molecular flexibility index (Phi) is 4.75. The first kappa shape index (κ1) is 17.5. The van der Waals surface area contributed by atoms with E-state index in [0.29, 0.717) is 30.8 Å². The predicted molar refractivity (Wildman–Crippen MR) is 89.4 cm³/mol. The molecule has 6 heteroatoms. The van der Waals surface area contributed by atoms with E-state index >= 15 is 0 Å². The molecule has 0 bridgehead atoms. The van der Waals surface area contributed by atoms with Crippen molar-refractivity contribution < 1.29 is 24.8 Å². The van der Waals surface area contributed by atoms with Gasteiger partial charge in [-0.25, -0.2) is 0 Å². The Morgan fingerprint density at radius 2 is 2.04 bits per heavy atom. The Bertz CT molecular complexity index is 605. The quantitative estimate of drug-likeness (QED) is 0.732. The fourth-order valence-corrected chi connectivity index (χ4v) is 4.26. The van der Waals surface area contributed by atoms with Gasteiger partial charge in [0.1, 0.15) is 6.10 Å². The van der Waals surface area contributed by atoms with Gasteiger partial charge in [-0.3, -0.25) is 0 Å². The van der Waals surface area contributed by atoms with E-state index in [-0.39, 0.29) is 6.61 Å². The lowest BCUT2D eigenvalue weighted by molar-refractivity contribution is -0.0893. The van der Waals surface area contributed by atoms with Gasteiger partial charge in [0.05, 0.1) is 31.3 Å². The third kappa shape index (κ3) is 2.49. The van der Waals surface area contributed by atoms with Crippen LogP contribution in [0.1, 0.15) is 30.4 Å². The molecule has 2 aliphatic rings. The van der Waals surface area contributed by atoms with E-state index in [9.17, 15) is 15.3 Å². The maximum atomic E-state index is 11.0. The van der Waals surface area contributed by atoms with Crippen molar-refractivity contribution in [1.29, 1.82) is 0 Å². The number of hydrogen-bond donors (Lipinski definition) is 3. The van der Waals surface area contributed by atoms with Gasteiger partial charge in [0, 0.05) is 5.56 Å². The van der Waals surface area contributed by atoms with Gasteiger partial charge >= 0.3 is 0 Å². The molecule has 1 aromatic rings. The summed E-state index contributed by atoms with van der Waals surface area (Å²) in [7, 11) is 5.53. The molecule has 1 unspecified atom stereocenters. The summed E-state index contributed by atoms with van der Waals surface area (Å²) in [4.78, 5) is 2.05. The molecule has 0 saturated heterocycles. The Morgan fingerprint density at radius 3 is 2.67 bits per heavy atom. The first-order valence-electron chi connectivity index (χ1n) is 8.44. The van der Waals surface area contributed by atoms with E-state index in [1.165, 1.54) is 0 Å². The number of rotatable bonds is 5. The second-order valence-corrected chi connectivity index (χ2v) is 7.08. The fraction of sp³-hybridized carbons (Fsp3) is 0.667. The molecular weight excluding hydrogens is 310 g/mol. The summed E-state index contributed by atoms with van der Waals surface area (Å²) in [6, 6.07) is 3.58. The Labute approximate surface area is 142 Å². The van der Waals surface area contributed by atoms with Crippen LogP contribution in [0.3, 0.4) is 0 Å². The summed E-state index contributed by atoms with van der Waals surface area (Å²) in [5.74, 6) is 1.12. The van der Waals surface area contributed by atoms with E-state index in [1.807, 2.05) is 20.2 Å². The largest absolute Gasteiger partial charge is 0.493 e. The van der Waals surface area contributed by atoms with Gasteiger partial charge in [0.15, 0.2) is 11.5 Å². The molecular formula is C18H27NO5. The number of aliphatic hydroxyl groups is 3. The molecule has 24 heavy (non-hydrogen) atoms. The number of benzene rings is 1. The smallest absolute Gasteiger partial charge is 0.166 e. The number of fused-ring (bicyclic) bond motifs is 3. The van der Waals surface area contributed by atoms with Crippen LogP contribution in [0.25, 0.3) is 0 Å². The number of nitrogens with zero attached hydrogens (tertiary/aromatic N) is 1. The molecule has 0 spiro atoms. The van der Waals surface area contributed by atoms with Crippen LogP contribution in [0.2, 0.25) is 0 Å². The molecule has 1 saturated carbocycles. The number of ether oxygens (including phenoxy) is 2. The first-order valence-corrected chi connectivity index (χ1v) is 8.44. The van der Waals surface area contributed by atoms with Crippen LogP contribution in [0.15, 0.2) is 12.1 Å². The lowest BCUT2D eigenvalue weighted by Gasteiger charge is -2.45. The minimum absolute atomic E-state index is 0.144. The second kappa shape index (κ2) is 6.52. The van der Waals surface area contributed by atoms with Gasteiger partial charge in [0.25, 0.3) is 0 Å². The van der Waals surface area contributed by atoms with Crippen LogP contribution in [0, 0.1) is 0 Å². The van der Waals surface area contributed by atoms with Crippen molar-refractivity contribution in [2.45, 2.75) is 49.6 Å².